The molecule has 0 saturated carbocycles. The highest BCUT2D eigenvalue weighted by atomic mass is 35.5. The molecule has 5 nitrogen and oxygen atoms in total. The minimum atomic E-state index is 0.0237. The zero-order valence-corrected chi connectivity index (χ0v) is 15.8. The Morgan fingerprint density at radius 1 is 1.12 bits per heavy atom. The maximum atomic E-state index is 12.5. The van der Waals surface area contributed by atoms with E-state index in [4.69, 9.17) is 21.1 Å². The predicted molar refractivity (Wildman–Crippen MR) is 103 cm³/mol. The van der Waals surface area contributed by atoms with Crippen molar-refractivity contribution in [1.82, 2.24) is 10.2 Å². The standard InChI is InChI=1S/C20H23ClN2O3/c1-23(2)17(14-3-6-16(21)7-4-14)12-22-13-18(24)15-5-8-19-20(11-15)26-10-9-25-19/h3-8,11,17,22H,9-10,12-13H2,1-2H3. The molecule has 1 atom stereocenters. The van der Waals surface area contributed by atoms with Crippen molar-refractivity contribution in [2.75, 3.05) is 40.4 Å². The summed E-state index contributed by atoms with van der Waals surface area (Å²) in [6.45, 7) is 1.97. The Kier molecular flexibility index (Phi) is 6.14. The Morgan fingerprint density at radius 2 is 1.81 bits per heavy atom. The number of ether oxygens (including phenoxy) is 2. The molecular formula is C20H23ClN2O3. The molecule has 1 aliphatic heterocycles. The summed E-state index contributed by atoms with van der Waals surface area (Å²) in [5, 5.41) is 3.98. The first-order valence-electron chi connectivity index (χ1n) is 8.60. The second-order valence-electron chi connectivity index (χ2n) is 6.44. The van der Waals surface area contributed by atoms with Gasteiger partial charge in [0.25, 0.3) is 0 Å². The molecule has 26 heavy (non-hydrogen) atoms. The molecular weight excluding hydrogens is 352 g/mol. The lowest BCUT2D eigenvalue weighted by molar-refractivity contribution is 0.0987. The normalized spacial score (nSPS) is 14.3. The second kappa shape index (κ2) is 8.54. The average Bonchev–Trinajstić information content (AvgIpc) is 2.65. The number of benzene rings is 2. The van der Waals surface area contributed by atoms with Crippen molar-refractivity contribution in [3.8, 4) is 11.5 Å². The smallest absolute Gasteiger partial charge is 0.176 e. The summed E-state index contributed by atoms with van der Waals surface area (Å²) in [5.41, 5.74) is 1.77. The van der Waals surface area contributed by atoms with E-state index in [2.05, 4.69) is 10.2 Å². The second-order valence-corrected chi connectivity index (χ2v) is 6.88. The van der Waals surface area contributed by atoms with Crippen LogP contribution in [-0.2, 0) is 0 Å². The molecule has 2 aromatic carbocycles. The van der Waals surface area contributed by atoms with Crippen LogP contribution in [0.4, 0.5) is 0 Å². The summed E-state index contributed by atoms with van der Waals surface area (Å²) in [6, 6.07) is 13.3. The number of Topliss-reactive ketones (excluding diaryl/α,β-unsaturated/α-hetero) is 1. The van der Waals surface area contributed by atoms with Crippen LogP contribution in [0.15, 0.2) is 42.5 Å². The maximum Gasteiger partial charge on any atom is 0.176 e. The molecule has 1 heterocycles. The fourth-order valence-corrected chi connectivity index (χ4v) is 3.05. The van der Waals surface area contributed by atoms with Gasteiger partial charge in [-0.15, -0.1) is 0 Å². The van der Waals surface area contributed by atoms with E-state index in [1.165, 1.54) is 0 Å². The van der Waals surface area contributed by atoms with Crippen LogP contribution in [0.3, 0.4) is 0 Å². The van der Waals surface area contributed by atoms with Gasteiger partial charge in [-0.05, 0) is 50.0 Å². The molecule has 1 unspecified atom stereocenters. The minimum absolute atomic E-state index is 0.0237. The van der Waals surface area contributed by atoms with Gasteiger partial charge in [-0.1, -0.05) is 23.7 Å². The van der Waals surface area contributed by atoms with Gasteiger partial charge in [0.2, 0.25) is 0 Å². The van der Waals surface area contributed by atoms with E-state index in [0.717, 1.165) is 5.56 Å². The molecule has 0 aromatic heterocycles. The Balaban J connectivity index is 1.59. The number of carbonyl (C=O) groups excluding carboxylic acids is 1. The van der Waals surface area contributed by atoms with Crippen LogP contribution in [0.5, 0.6) is 11.5 Å². The van der Waals surface area contributed by atoms with E-state index < -0.39 is 0 Å². The third-order valence-corrected chi connectivity index (χ3v) is 4.62. The van der Waals surface area contributed by atoms with Crippen LogP contribution in [0.2, 0.25) is 5.02 Å². The van der Waals surface area contributed by atoms with E-state index >= 15 is 0 Å². The van der Waals surface area contributed by atoms with Gasteiger partial charge in [0.05, 0.1) is 6.54 Å². The number of likely N-dealkylation sites (N-methyl/N-ethyl adjacent to an activating group) is 1. The number of fused-ring (bicyclic) bond motifs is 1. The monoisotopic (exact) mass is 374 g/mol. The van der Waals surface area contributed by atoms with Crippen molar-refractivity contribution in [2.45, 2.75) is 6.04 Å². The van der Waals surface area contributed by atoms with Crippen molar-refractivity contribution >= 4 is 17.4 Å². The lowest BCUT2D eigenvalue weighted by atomic mass is 10.1. The molecule has 0 radical (unpaired) electrons. The maximum absolute atomic E-state index is 12.5. The molecule has 6 heteroatoms. The highest BCUT2D eigenvalue weighted by molar-refractivity contribution is 6.30. The van der Waals surface area contributed by atoms with Crippen LogP contribution in [0, 0.1) is 0 Å². The zero-order chi connectivity index (χ0) is 18.5. The highest BCUT2D eigenvalue weighted by Crippen LogP contribution is 2.30. The van der Waals surface area contributed by atoms with Crippen LogP contribution in [0.1, 0.15) is 22.0 Å². The van der Waals surface area contributed by atoms with Gasteiger partial charge in [-0.25, -0.2) is 0 Å². The molecule has 3 rings (SSSR count). The fraction of sp³-hybridized carbons (Fsp3) is 0.350. The van der Waals surface area contributed by atoms with Crippen molar-refractivity contribution in [1.29, 1.82) is 0 Å². The number of nitrogens with zero attached hydrogens (tertiary/aromatic N) is 1. The summed E-state index contributed by atoms with van der Waals surface area (Å²) in [5.74, 6) is 1.35. The first-order valence-corrected chi connectivity index (χ1v) is 8.98. The lowest BCUT2D eigenvalue weighted by Crippen LogP contribution is -2.33. The number of rotatable bonds is 7. The molecule has 1 aliphatic rings. The van der Waals surface area contributed by atoms with Crippen LogP contribution < -0.4 is 14.8 Å². The number of carbonyl (C=O) groups is 1. The van der Waals surface area contributed by atoms with E-state index in [9.17, 15) is 4.79 Å². The van der Waals surface area contributed by atoms with Gasteiger partial charge in [-0.3, -0.25) is 4.79 Å². The molecule has 0 fully saturated rings. The molecule has 0 saturated heterocycles. The quantitative estimate of drug-likeness (QED) is 0.754. The van der Waals surface area contributed by atoms with E-state index in [1.54, 1.807) is 18.2 Å². The summed E-state index contributed by atoms with van der Waals surface area (Å²) in [7, 11) is 4.03. The van der Waals surface area contributed by atoms with Crippen LogP contribution >= 0.6 is 11.6 Å². The first kappa shape index (κ1) is 18.7. The molecule has 1 N–H and O–H groups in total. The lowest BCUT2D eigenvalue weighted by Gasteiger charge is -2.25. The summed E-state index contributed by atoms with van der Waals surface area (Å²) in [6.07, 6.45) is 0. The van der Waals surface area contributed by atoms with E-state index in [-0.39, 0.29) is 18.4 Å². The summed E-state index contributed by atoms with van der Waals surface area (Å²) in [4.78, 5) is 14.6. The highest BCUT2D eigenvalue weighted by Gasteiger charge is 2.17. The topological polar surface area (TPSA) is 50.8 Å². The van der Waals surface area contributed by atoms with Crippen molar-refractivity contribution in [3.05, 3.63) is 58.6 Å². The third-order valence-electron chi connectivity index (χ3n) is 4.37. The Morgan fingerprint density at radius 3 is 2.50 bits per heavy atom. The largest absolute Gasteiger partial charge is 0.486 e. The van der Waals surface area contributed by atoms with E-state index in [0.29, 0.717) is 41.8 Å². The number of nitrogens with one attached hydrogen (secondary N) is 1. The molecule has 0 bridgehead atoms. The number of ketones is 1. The molecule has 0 amide bonds. The zero-order valence-electron chi connectivity index (χ0n) is 15.0. The van der Waals surface area contributed by atoms with Crippen molar-refractivity contribution in [2.24, 2.45) is 0 Å². The minimum Gasteiger partial charge on any atom is -0.486 e. The number of halogens is 1. The third kappa shape index (κ3) is 4.55. The molecule has 0 aliphatic carbocycles. The summed E-state index contributed by atoms with van der Waals surface area (Å²) >= 11 is 5.97. The summed E-state index contributed by atoms with van der Waals surface area (Å²) < 4.78 is 11.0. The fourth-order valence-electron chi connectivity index (χ4n) is 2.92. The van der Waals surface area contributed by atoms with E-state index in [1.807, 2.05) is 38.4 Å². The van der Waals surface area contributed by atoms with Crippen molar-refractivity contribution in [3.63, 3.8) is 0 Å². The van der Waals surface area contributed by atoms with Gasteiger partial charge in [-0.2, -0.15) is 0 Å². The molecule has 138 valence electrons. The van der Waals surface area contributed by atoms with Crippen LogP contribution in [-0.4, -0.2) is 51.1 Å². The van der Waals surface area contributed by atoms with Crippen molar-refractivity contribution < 1.29 is 14.3 Å². The van der Waals surface area contributed by atoms with Gasteiger partial charge in [0, 0.05) is 23.2 Å². The first-order chi connectivity index (χ1) is 12.5. The number of hydrogen-bond donors (Lipinski definition) is 1. The van der Waals surface area contributed by atoms with Crippen LogP contribution in [0.25, 0.3) is 0 Å². The molecule has 0 spiro atoms. The Labute approximate surface area is 158 Å². The van der Waals surface area contributed by atoms with Gasteiger partial charge in [0.1, 0.15) is 13.2 Å². The van der Waals surface area contributed by atoms with Gasteiger partial charge >= 0.3 is 0 Å². The van der Waals surface area contributed by atoms with Gasteiger partial charge in [0.15, 0.2) is 17.3 Å². The Bertz CT molecular complexity index is 762. The SMILES string of the molecule is CN(C)C(CNCC(=O)c1ccc2c(c1)OCCO2)c1ccc(Cl)cc1. The number of hydrogen-bond acceptors (Lipinski definition) is 5. The predicted octanol–water partition coefficient (Wildman–Crippen LogP) is 3.19. The average molecular weight is 375 g/mol. The molecule has 2 aromatic rings. The Hall–Kier alpha value is -2.08. The van der Waals surface area contributed by atoms with Gasteiger partial charge < -0.3 is 19.7 Å².